The Balaban J connectivity index is 2.07. The van der Waals surface area contributed by atoms with Crippen LogP contribution in [0.15, 0.2) is 12.5 Å². The molecule has 1 aliphatic rings. The van der Waals surface area contributed by atoms with E-state index in [0.29, 0.717) is 18.6 Å². The van der Waals surface area contributed by atoms with Crippen LogP contribution < -0.4 is 5.73 Å². The van der Waals surface area contributed by atoms with E-state index in [-0.39, 0.29) is 0 Å². The lowest BCUT2D eigenvalue weighted by molar-refractivity contribution is 0.255. The second kappa shape index (κ2) is 5.89. The Morgan fingerprint density at radius 1 is 1.65 bits per heavy atom. The molecule has 1 aromatic rings. The Morgan fingerprint density at radius 2 is 2.41 bits per heavy atom. The van der Waals surface area contributed by atoms with Crippen molar-refractivity contribution in [1.29, 1.82) is 0 Å². The van der Waals surface area contributed by atoms with Gasteiger partial charge in [-0.15, -0.1) is 0 Å². The number of hydrogen-bond donors (Lipinski definition) is 1. The van der Waals surface area contributed by atoms with Crippen molar-refractivity contribution in [1.82, 2.24) is 14.5 Å². The third-order valence-corrected chi connectivity index (χ3v) is 3.97. The van der Waals surface area contributed by atoms with E-state index in [9.17, 15) is 0 Å². The predicted molar refractivity (Wildman–Crippen MR) is 73.3 cm³/mol. The van der Waals surface area contributed by atoms with Crippen LogP contribution in [-0.4, -0.2) is 46.6 Å². The van der Waals surface area contributed by atoms with Crippen molar-refractivity contribution < 1.29 is 0 Å². The van der Waals surface area contributed by atoms with Gasteiger partial charge in [0.15, 0.2) is 0 Å². The summed E-state index contributed by atoms with van der Waals surface area (Å²) in [6.07, 6.45) is 8.65. The lowest BCUT2D eigenvalue weighted by Crippen LogP contribution is -2.33. The maximum Gasteiger partial charge on any atom is 0.0951 e. The van der Waals surface area contributed by atoms with Crippen molar-refractivity contribution in [3.63, 3.8) is 0 Å². The average Bonchev–Trinajstić information content (AvgIpc) is 3.07. The fourth-order valence-corrected chi connectivity index (χ4v) is 2.62. The van der Waals surface area contributed by atoms with E-state index in [1.54, 1.807) is 0 Å². The van der Waals surface area contributed by atoms with Crippen molar-refractivity contribution in [2.45, 2.75) is 24.9 Å². The largest absolute Gasteiger partial charge is 0.330 e. The van der Waals surface area contributed by atoms with Crippen molar-refractivity contribution >= 4 is 11.8 Å². The number of likely N-dealkylation sites (N-methyl/N-ethyl adjacent to an activating group) is 1. The number of imidazole rings is 1. The second-order valence-corrected chi connectivity index (χ2v) is 5.67. The van der Waals surface area contributed by atoms with Crippen LogP contribution in [0.25, 0.3) is 0 Å². The average molecular weight is 254 g/mol. The first-order valence-corrected chi connectivity index (χ1v) is 7.58. The minimum absolute atomic E-state index is 0.297. The van der Waals surface area contributed by atoms with Crippen molar-refractivity contribution in [2.24, 2.45) is 5.73 Å². The SMILES string of the molecule is CSCCN(C)C(CN)c1cncn1C1CC1. The van der Waals surface area contributed by atoms with Gasteiger partial charge in [0.1, 0.15) is 0 Å². The molecule has 1 fully saturated rings. The molecule has 0 radical (unpaired) electrons. The van der Waals surface area contributed by atoms with Gasteiger partial charge in [0.05, 0.1) is 18.1 Å². The van der Waals surface area contributed by atoms with Crippen molar-refractivity contribution in [3.8, 4) is 0 Å². The fourth-order valence-electron chi connectivity index (χ4n) is 2.15. The van der Waals surface area contributed by atoms with Crippen LogP contribution in [0.3, 0.4) is 0 Å². The summed E-state index contributed by atoms with van der Waals surface area (Å²) in [5, 5.41) is 0. The maximum absolute atomic E-state index is 5.94. The lowest BCUT2D eigenvalue weighted by Gasteiger charge is -2.27. The smallest absolute Gasteiger partial charge is 0.0951 e. The van der Waals surface area contributed by atoms with E-state index in [2.05, 4.69) is 27.8 Å². The van der Waals surface area contributed by atoms with E-state index in [1.165, 1.54) is 18.5 Å². The van der Waals surface area contributed by atoms with Gasteiger partial charge in [-0.2, -0.15) is 11.8 Å². The zero-order valence-corrected chi connectivity index (χ0v) is 11.5. The summed E-state index contributed by atoms with van der Waals surface area (Å²) in [6.45, 7) is 1.72. The fraction of sp³-hybridized carbons (Fsp3) is 0.750. The summed E-state index contributed by atoms with van der Waals surface area (Å²) in [7, 11) is 2.15. The minimum Gasteiger partial charge on any atom is -0.330 e. The number of nitrogens with zero attached hydrogens (tertiary/aromatic N) is 3. The topological polar surface area (TPSA) is 47.1 Å². The van der Waals surface area contributed by atoms with Crippen LogP contribution in [0.5, 0.6) is 0 Å². The van der Waals surface area contributed by atoms with Gasteiger partial charge >= 0.3 is 0 Å². The van der Waals surface area contributed by atoms with Crippen LogP contribution in [-0.2, 0) is 0 Å². The van der Waals surface area contributed by atoms with E-state index in [1.807, 2.05) is 24.3 Å². The molecule has 0 spiro atoms. The first kappa shape index (κ1) is 12.9. The quantitative estimate of drug-likeness (QED) is 0.801. The van der Waals surface area contributed by atoms with Gasteiger partial charge in [-0.1, -0.05) is 0 Å². The van der Waals surface area contributed by atoms with E-state index < -0.39 is 0 Å². The maximum atomic E-state index is 5.94. The van der Waals surface area contributed by atoms with Crippen LogP contribution in [0, 0.1) is 0 Å². The van der Waals surface area contributed by atoms with E-state index in [0.717, 1.165) is 12.3 Å². The molecule has 4 nitrogen and oxygen atoms in total. The summed E-state index contributed by atoms with van der Waals surface area (Å²) in [4.78, 5) is 6.63. The standard InChI is InChI=1S/C12H22N4S/c1-15(5-6-17-2)11(7-13)12-8-14-9-16(12)10-3-4-10/h8-11H,3-7,13H2,1-2H3. The summed E-state index contributed by atoms with van der Waals surface area (Å²) in [5.74, 6) is 1.14. The third-order valence-electron chi connectivity index (χ3n) is 3.38. The van der Waals surface area contributed by atoms with Crippen LogP contribution in [0.1, 0.15) is 30.6 Å². The second-order valence-electron chi connectivity index (χ2n) is 4.68. The molecule has 1 atom stereocenters. The van der Waals surface area contributed by atoms with Gasteiger partial charge in [-0.3, -0.25) is 4.90 Å². The van der Waals surface area contributed by atoms with Gasteiger partial charge < -0.3 is 10.3 Å². The zero-order chi connectivity index (χ0) is 12.3. The molecule has 2 N–H and O–H groups in total. The molecule has 1 heterocycles. The molecule has 96 valence electrons. The number of hydrogen-bond acceptors (Lipinski definition) is 4. The molecule has 1 saturated carbocycles. The first-order valence-electron chi connectivity index (χ1n) is 6.19. The van der Waals surface area contributed by atoms with Gasteiger partial charge in [-0.25, -0.2) is 4.98 Å². The third kappa shape index (κ3) is 3.03. The minimum atomic E-state index is 0.297. The Hall–Kier alpha value is -0.520. The first-order chi connectivity index (χ1) is 8.27. The summed E-state index contributed by atoms with van der Waals surface area (Å²) >= 11 is 1.87. The highest BCUT2D eigenvalue weighted by Crippen LogP contribution is 2.37. The van der Waals surface area contributed by atoms with E-state index in [4.69, 9.17) is 5.73 Å². The molecule has 0 saturated heterocycles. The predicted octanol–water partition coefficient (Wildman–Crippen LogP) is 1.51. The molecule has 1 aliphatic carbocycles. The molecule has 1 unspecified atom stereocenters. The van der Waals surface area contributed by atoms with Gasteiger partial charge in [0, 0.05) is 31.1 Å². The Labute approximate surface area is 108 Å². The summed E-state index contributed by atoms with van der Waals surface area (Å²) in [6, 6.07) is 0.973. The van der Waals surface area contributed by atoms with Gasteiger partial charge in [0.2, 0.25) is 0 Å². The van der Waals surface area contributed by atoms with Crippen molar-refractivity contribution in [2.75, 3.05) is 32.1 Å². The van der Waals surface area contributed by atoms with Gasteiger partial charge in [0.25, 0.3) is 0 Å². The molecule has 1 aromatic heterocycles. The number of rotatable bonds is 7. The number of aromatic nitrogens is 2. The molecule has 0 aliphatic heterocycles. The monoisotopic (exact) mass is 254 g/mol. The highest BCUT2D eigenvalue weighted by atomic mass is 32.2. The Morgan fingerprint density at radius 3 is 3.00 bits per heavy atom. The molecule has 0 amide bonds. The molecule has 17 heavy (non-hydrogen) atoms. The van der Waals surface area contributed by atoms with Gasteiger partial charge in [-0.05, 0) is 26.1 Å². The summed E-state index contributed by atoms with van der Waals surface area (Å²) in [5.41, 5.74) is 7.21. The lowest BCUT2D eigenvalue weighted by atomic mass is 10.2. The van der Waals surface area contributed by atoms with Crippen LogP contribution >= 0.6 is 11.8 Å². The Kier molecular flexibility index (Phi) is 4.48. The number of nitrogens with two attached hydrogens (primary N) is 1. The molecular weight excluding hydrogens is 232 g/mol. The van der Waals surface area contributed by atoms with Crippen LogP contribution in [0.4, 0.5) is 0 Å². The highest BCUT2D eigenvalue weighted by molar-refractivity contribution is 7.98. The molecule has 5 heteroatoms. The zero-order valence-electron chi connectivity index (χ0n) is 10.7. The van der Waals surface area contributed by atoms with E-state index >= 15 is 0 Å². The number of thioether (sulfide) groups is 1. The van der Waals surface area contributed by atoms with Crippen LogP contribution in [0.2, 0.25) is 0 Å². The van der Waals surface area contributed by atoms with Crippen molar-refractivity contribution in [3.05, 3.63) is 18.2 Å². The summed E-state index contributed by atoms with van der Waals surface area (Å²) < 4.78 is 2.31. The highest BCUT2D eigenvalue weighted by Gasteiger charge is 2.28. The Bertz CT molecular complexity index is 348. The molecule has 2 rings (SSSR count). The molecule has 0 bridgehead atoms. The molecular formula is C12H22N4S. The molecule has 0 aromatic carbocycles. The normalized spacial score (nSPS) is 17.6.